The van der Waals surface area contributed by atoms with Crippen molar-refractivity contribution in [1.29, 1.82) is 0 Å². The third-order valence-corrected chi connectivity index (χ3v) is 5.36. The molecule has 2 N–H and O–H groups in total. The molecule has 4 rings (SSSR count). The van der Waals surface area contributed by atoms with Crippen LogP contribution in [0.5, 0.6) is 0 Å². The number of anilines is 1. The summed E-state index contributed by atoms with van der Waals surface area (Å²) in [7, 11) is 0. The Bertz CT molecular complexity index is 1180. The fourth-order valence-corrected chi connectivity index (χ4v) is 4.30. The average Bonchev–Trinajstić information content (AvgIpc) is 3.28. The highest BCUT2D eigenvalue weighted by Crippen LogP contribution is 2.28. The van der Waals surface area contributed by atoms with Crippen LogP contribution in [0.2, 0.25) is 0 Å². The van der Waals surface area contributed by atoms with Crippen LogP contribution >= 0.6 is 0 Å². The van der Waals surface area contributed by atoms with Crippen molar-refractivity contribution < 1.29 is 4.79 Å². The van der Waals surface area contributed by atoms with E-state index in [1.807, 2.05) is 30.5 Å². The fraction of sp³-hybridized carbons (Fsp3) is 0.360. The van der Waals surface area contributed by atoms with Gasteiger partial charge in [0.2, 0.25) is 11.9 Å². The van der Waals surface area contributed by atoms with Gasteiger partial charge in [-0.2, -0.15) is 0 Å². The lowest BCUT2D eigenvalue weighted by molar-refractivity contribution is 0.0880. The third-order valence-electron chi connectivity index (χ3n) is 5.36. The van der Waals surface area contributed by atoms with Crippen molar-refractivity contribution >= 4 is 33.8 Å². The Kier molecular flexibility index (Phi) is 5.37. The van der Waals surface area contributed by atoms with Crippen molar-refractivity contribution in [2.45, 2.75) is 47.1 Å². The van der Waals surface area contributed by atoms with E-state index >= 15 is 0 Å². The summed E-state index contributed by atoms with van der Waals surface area (Å²) in [4.78, 5) is 21.2. The molecule has 5 nitrogen and oxygen atoms in total. The van der Waals surface area contributed by atoms with Crippen molar-refractivity contribution in [3.05, 3.63) is 60.3 Å². The number of nitrogens with zero attached hydrogens (tertiary/aromatic N) is 2. The number of aromatic amines is 1. The molecular formula is C25H30N4O. The number of nitrogens with one attached hydrogen (secondary N) is 2. The Morgan fingerprint density at radius 3 is 2.77 bits per heavy atom. The van der Waals surface area contributed by atoms with Gasteiger partial charge in [0.25, 0.3) is 0 Å². The first-order chi connectivity index (χ1) is 14.3. The maximum Gasteiger partial charge on any atom is 0.234 e. The molecule has 30 heavy (non-hydrogen) atoms. The van der Waals surface area contributed by atoms with Gasteiger partial charge in [-0.05, 0) is 59.0 Å². The summed E-state index contributed by atoms with van der Waals surface area (Å²) < 4.78 is 1.75. The molecule has 156 valence electrons. The predicted molar refractivity (Wildman–Crippen MR) is 124 cm³/mol. The first-order valence-electron chi connectivity index (χ1n) is 10.6. The summed E-state index contributed by atoms with van der Waals surface area (Å²) in [6.07, 6.45) is 3.45. The van der Waals surface area contributed by atoms with Gasteiger partial charge in [-0.15, -0.1) is 0 Å². The van der Waals surface area contributed by atoms with E-state index in [0.717, 1.165) is 28.5 Å². The number of rotatable bonds is 6. The first kappa shape index (κ1) is 20.2. The maximum atomic E-state index is 13.3. The van der Waals surface area contributed by atoms with Crippen LogP contribution < -0.4 is 5.32 Å². The normalized spacial score (nSPS) is 13.1. The molecule has 2 aromatic carbocycles. The summed E-state index contributed by atoms with van der Waals surface area (Å²) in [6.45, 7) is 9.41. The Morgan fingerprint density at radius 2 is 1.97 bits per heavy atom. The minimum absolute atomic E-state index is 0.0871. The number of para-hydroxylation sites is 2. The number of aromatic nitrogens is 3. The predicted octanol–water partition coefficient (Wildman–Crippen LogP) is 6.23. The van der Waals surface area contributed by atoms with Crippen molar-refractivity contribution in [3.63, 3.8) is 0 Å². The maximum absolute atomic E-state index is 13.3. The molecule has 0 amide bonds. The lowest BCUT2D eigenvalue weighted by atomic mass is 9.84. The van der Waals surface area contributed by atoms with Crippen molar-refractivity contribution in [1.82, 2.24) is 14.5 Å². The van der Waals surface area contributed by atoms with Gasteiger partial charge in [-0.3, -0.25) is 4.79 Å². The Balaban J connectivity index is 1.58. The van der Waals surface area contributed by atoms with Crippen molar-refractivity contribution in [2.75, 3.05) is 5.32 Å². The van der Waals surface area contributed by atoms with Gasteiger partial charge in [0.05, 0.1) is 11.0 Å². The molecule has 0 aliphatic carbocycles. The number of carbonyl (C=O) groups excluding carboxylic acids is 1. The second-order valence-electron chi connectivity index (χ2n) is 9.48. The van der Waals surface area contributed by atoms with Gasteiger partial charge in [0.15, 0.2) is 0 Å². The zero-order valence-corrected chi connectivity index (χ0v) is 18.2. The van der Waals surface area contributed by atoms with Crippen molar-refractivity contribution in [2.24, 2.45) is 11.3 Å². The number of benzene rings is 2. The molecule has 0 aliphatic rings. The molecule has 4 aromatic rings. The molecule has 0 saturated carbocycles. The molecule has 1 unspecified atom stereocenters. The fourth-order valence-electron chi connectivity index (χ4n) is 4.30. The summed E-state index contributed by atoms with van der Waals surface area (Å²) in [5, 5.41) is 4.57. The van der Waals surface area contributed by atoms with E-state index in [9.17, 15) is 4.79 Å². The second kappa shape index (κ2) is 7.98. The van der Waals surface area contributed by atoms with Crippen molar-refractivity contribution in [3.8, 4) is 0 Å². The van der Waals surface area contributed by atoms with Crippen LogP contribution in [0.4, 0.5) is 5.95 Å². The largest absolute Gasteiger partial charge is 0.361 e. The van der Waals surface area contributed by atoms with E-state index in [1.165, 1.54) is 5.39 Å². The minimum atomic E-state index is 0.0871. The molecule has 5 heteroatoms. The number of imidazole rings is 1. The Hall–Kier alpha value is -3.08. The van der Waals surface area contributed by atoms with E-state index in [2.05, 4.69) is 62.3 Å². The summed E-state index contributed by atoms with van der Waals surface area (Å²) in [5.74, 6) is 1.00. The third kappa shape index (κ3) is 4.40. The van der Waals surface area contributed by atoms with Crippen LogP contribution in [0.3, 0.4) is 0 Å². The smallest absolute Gasteiger partial charge is 0.234 e. The molecule has 0 saturated heterocycles. The van der Waals surface area contributed by atoms with E-state index in [0.29, 0.717) is 24.8 Å². The van der Waals surface area contributed by atoms with Gasteiger partial charge in [0.1, 0.15) is 0 Å². The van der Waals surface area contributed by atoms with Crippen LogP contribution in [0.1, 0.15) is 50.9 Å². The molecule has 0 fully saturated rings. The highest BCUT2D eigenvalue weighted by molar-refractivity contribution is 5.94. The van der Waals surface area contributed by atoms with Gasteiger partial charge in [-0.25, -0.2) is 9.55 Å². The first-order valence-corrected chi connectivity index (χ1v) is 10.6. The van der Waals surface area contributed by atoms with E-state index in [4.69, 9.17) is 4.98 Å². The van der Waals surface area contributed by atoms with Gasteiger partial charge in [-0.1, -0.05) is 45.9 Å². The van der Waals surface area contributed by atoms with Crippen LogP contribution in [0.25, 0.3) is 21.9 Å². The van der Waals surface area contributed by atoms with Gasteiger partial charge in [0, 0.05) is 24.7 Å². The molecule has 1 atom stereocenters. The Labute approximate surface area is 177 Å². The number of H-pyrrole nitrogens is 1. The summed E-state index contributed by atoms with van der Waals surface area (Å²) in [5.41, 5.74) is 4.16. The van der Waals surface area contributed by atoms with E-state index in [1.54, 1.807) is 4.57 Å². The molecule has 0 radical (unpaired) electrons. The Morgan fingerprint density at radius 1 is 1.17 bits per heavy atom. The zero-order valence-electron chi connectivity index (χ0n) is 18.2. The second-order valence-corrected chi connectivity index (χ2v) is 9.48. The number of hydrogen-bond donors (Lipinski definition) is 2. The van der Waals surface area contributed by atoms with E-state index < -0.39 is 0 Å². The number of hydrogen-bond acceptors (Lipinski definition) is 3. The standard InChI is InChI=1S/C25H30N4O/c1-17(15-25(2,3)4)13-23(30)29-22-8-6-5-7-21(22)28-24(29)27-16-18-9-10-20-19(14-18)11-12-26-20/h5-12,14,17,26H,13,15-16H2,1-4H3,(H,27,28). The molecule has 2 heterocycles. The topological polar surface area (TPSA) is 62.7 Å². The SMILES string of the molecule is CC(CC(=O)n1c(NCc2ccc3[nH]ccc3c2)nc2ccccc21)CC(C)(C)C. The van der Waals surface area contributed by atoms with Crippen LogP contribution in [0, 0.1) is 11.3 Å². The summed E-state index contributed by atoms with van der Waals surface area (Å²) in [6, 6.07) is 16.2. The highest BCUT2D eigenvalue weighted by Gasteiger charge is 2.22. The monoisotopic (exact) mass is 402 g/mol. The van der Waals surface area contributed by atoms with Crippen LogP contribution in [0.15, 0.2) is 54.7 Å². The van der Waals surface area contributed by atoms with E-state index in [-0.39, 0.29) is 11.3 Å². The van der Waals surface area contributed by atoms with Gasteiger partial charge < -0.3 is 10.3 Å². The minimum Gasteiger partial charge on any atom is -0.361 e. The summed E-state index contributed by atoms with van der Waals surface area (Å²) >= 11 is 0. The zero-order chi connectivity index (χ0) is 21.3. The number of fused-ring (bicyclic) bond motifs is 2. The lowest BCUT2D eigenvalue weighted by Gasteiger charge is -2.23. The molecule has 2 aromatic heterocycles. The molecule has 0 bridgehead atoms. The lowest BCUT2D eigenvalue weighted by Crippen LogP contribution is -2.20. The molecule has 0 spiro atoms. The van der Waals surface area contributed by atoms with Gasteiger partial charge >= 0.3 is 0 Å². The van der Waals surface area contributed by atoms with Crippen LogP contribution in [-0.4, -0.2) is 20.4 Å². The quantitative estimate of drug-likeness (QED) is 0.402. The molecule has 0 aliphatic heterocycles. The number of carbonyl (C=O) groups is 1. The van der Waals surface area contributed by atoms with Crippen LogP contribution in [-0.2, 0) is 6.54 Å². The molecular weight excluding hydrogens is 372 g/mol. The average molecular weight is 403 g/mol. The highest BCUT2D eigenvalue weighted by atomic mass is 16.2.